The third kappa shape index (κ3) is 2.37. The summed E-state index contributed by atoms with van der Waals surface area (Å²) in [6.45, 7) is 0. The van der Waals surface area contributed by atoms with Crippen molar-refractivity contribution in [1.29, 1.82) is 0 Å². The van der Waals surface area contributed by atoms with Crippen molar-refractivity contribution < 1.29 is 48.1 Å². The van der Waals surface area contributed by atoms with Crippen molar-refractivity contribution in [2.24, 2.45) is 0 Å². The molecule has 0 aliphatic rings. The average molecular weight is 344 g/mol. The number of carbonyl (C=O) groups is 2. The Kier molecular flexibility index (Phi) is 3.55. The zero-order valence-corrected chi connectivity index (χ0v) is 11.7. The van der Waals surface area contributed by atoms with Crippen LogP contribution in [-0.2, 0) is 10.1 Å². The van der Waals surface area contributed by atoms with Gasteiger partial charge in [0, 0.05) is 5.39 Å². The maximum absolute atomic E-state index is 11.5. The Balaban J connectivity index is 3.34. The standard InChI is InChI=1S/C12H8O10S/c13-4-2-1-3-5(8(4)14)9(15)6(11(16)17)7(12(18)19)10(3)23(20,21)22/h1-2,13-15H,(H,16,17)(H,18,19)(H,20,21,22). The number of aromatic carboxylic acids is 2. The third-order valence-electron chi connectivity index (χ3n) is 3.04. The smallest absolute Gasteiger partial charge is 0.340 e. The van der Waals surface area contributed by atoms with E-state index in [0.717, 1.165) is 12.1 Å². The zero-order chi connectivity index (χ0) is 17.7. The molecule has 11 heteroatoms. The van der Waals surface area contributed by atoms with Gasteiger partial charge in [-0.2, -0.15) is 8.42 Å². The molecule has 0 heterocycles. The fourth-order valence-corrected chi connectivity index (χ4v) is 3.08. The Labute approximate surface area is 127 Å². The van der Waals surface area contributed by atoms with Crippen molar-refractivity contribution in [2.75, 3.05) is 0 Å². The van der Waals surface area contributed by atoms with Crippen molar-refractivity contribution in [1.82, 2.24) is 0 Å². The highest BCUT2D eigenvalue weighted by molar-refractivity contribution is 7.86. The van der Waals surface area contributed by atoms with Crippen molar-refractivity contribution in [3.8, 4) is 17.2 Å². The molecule has 0 unspecified atom stereocenters. The molecule has 2 aromatic rings. The minimum Gasteiger partial charge on any atom is -0.506 e. The minimum absolute atomic E-state index is 0.678. The van der Waals surface area contributed by atoms with Gasteiger partial charge in [-0.05, 0) is 12.1 Å². The number of phenols is 3. The van der Waals surface area contributed by atoms with Crippen LogP contribution in [-0.4, -0.2) is 50.4 Å². The summed E-state index contributed by atoms with van der Waals surface area (Å²) in [5.74, 6) is -7.24. The number of phenolic OH excluding ortho intramolecular Hbond substituents is 2. The second kappa shape index (κ2) is 5.00. The molecule has 0 aliphatic carbocycles. The van der Waals surface area contributed by atoms with E-state index in [2.05, 4.69) is 0 Å². The van der Waals surface area contributed by atoms with Crippen molar-refractivity contribution in [3.05, 3.63) is 23.3 Å². The van der Waals surface area contributed by atoms with E-state index in [1.165, 1.54) is 0 Å². The van der Waals surface area contributed by atoms with Gasteiger partial charge in [0.15, 0.2) is 11.5 Å². The van der Waals surface area contributed by atoms with Crippen LogP contribution in [0.15, 0.2) is 17.0 Å². The van der Waals surface area contributed by atoms with E-state index in [4.69, 9.17) is 10.2 Å². The van der Waals surface area contributed by atoms with Crippen LogP contribution in [0.5, 0.6) is 17.2 Å². The molecule has 0 atom stereocenters. The van der Waals surface area contributed by atoms with E-state index < -0.39 is 66.1 Å². The highest BCUT2D eigenvalue weighted by Gasteiger charge is 2.34. The van der Waals surface area contributed by atoms with Gasteiger partial charge in [-0.1, -0.05) is 0 Å². The Morgan fingerprint density at radius 1 is 0.870 bits per heavy atom. The molecule has 0 fully saturated rings. The van der Waals surface area contributed by atoms with Crippen LogP contribution < -0.4 is 0 Å². The van der Waals surface area contributed by atoms with Crippen LogP contribution in [0.4, 0.5) is 0 Å². The number of hydrogen-bond acceptors (Lipinski definition) is 7. The first kappa shape index (κ1) is 16.3. The Bertz CT molecular complexity index is 973. The average Bonchev–Trinajstić information content (AvgIpc) is 2.39. The lowest BCUT2D eigenvalue weighted by Crippen LogP contribution is -2.15. The summed E-state index contributed by atoms with van der Waals surface area (Å²) < 4.78 is 32.3. The largest absolute Gasteiger partial charge is 0.506 e. The summed E-state index contributed by atoms with van der Waals surface area (Å²) in [6.07, 6.45) is 0. The van der Waals surface area contributed by atoms with Gasteiger partial charge in [0.05, 0.1) is 10.9 Å². The monoisotopic (exact) mass is 344 g/mol. The van der Waals surface area contributed by atoms with Crippen LogP contribution in [0, 0.1) is 0 Å². The quantitative estimate of drug-likeness (QED) is 0.339. The lowest BCUT2D eigenvalue weighted by molar-refractivity contribution is 0.0645. The maximum Gasteiger partial charge on any atom is 0.340 e. The first-order valence-electron chi connectivity index (χ1n) is 5.66. The van der Waals surface area contributed by atoms with Gasteiger partial charge in [0.2, 0.25) is 0 Å². The van der Waals surface area contributed by atoms with Crippen LogP contribution in [0.2, 0.25) is 0 Å². The SMILES string of the molecule is O=C(O)c1c(C(=O)O)c(O)c2c(O)c(O)ccc2c1S(=O)(=O)O. The first-order chi connectivity index (χ1) is 10.5. The van der Waals surface area contributed by atoms with Crippen LogP contribution in [0.25, 0.3) is 10.8 Å². The lowest BCUT2D eigenvalue weighted by Gasteiger charge is -2.14. The molecule has 0 bridgehead atoms. The number of carboxylic acid groups (broad SMARTS) is 2. The topological polar surface area (TPSA) is 190 Å². The van der Waals surface area contributed by atoms with Crippen LogP contribution >= 0.6 is 0 Å². The van der Waals surface area contributed by atoms with E-state index in [9.17, 15) is 37.9 Å². The van der Waals surface area contributed by atoms with Gasteiger partial charge in [-0.3, -0.25) is 4.55 Å². The molecule has 2 rings (SSSR count). The van der Waals surface area contributed by atoms with E-state index in [0.29, 0.717) is 0 Å². The van der Waals surface area contributed by atoms with E-state index in [-0.39, 0.29) is 0 Å². The highest BCUT2D eigenvalue weighted by atomic mass is 32.2. The fourth-order valence-electron chi connectivity index (χ4n) is 2.18. The number of hydrogen-bond donors (Lipinski definition) is 6. The summed E-state index contributed by atoms with van der Waals surface area (Å²) in [5.41, 5.74) is -2.74. The molecule has 0 saturated carbocycles. The lowest BCUT2D eigenvalue weighted by atomic mass is 9.98. The second-order valence-corrected chi connectivity index (χ2v) is 5.73. The maximum atomic E-state index is 11.5. The van der Waals surface area contributed by atoms with Crippen LogP contribution in [0.1, 0.15) is 20.7 Å². The summed E-state index contributed by atoms with van der Waals surface area (Å²) in [6, 6.07) is 1.57. The fraction of sp³-hybridized carbons (Fsp3) is 0. The van der Waals surface area contributed by atoms with E-state index in [1.807, 2.05) is 0 Å². The van der Waals surface area contributed by atoms with E-state index in [1.54, 1.807) is 0 Å². The Morgan fingerprint density at radius 3 is 1.83 bits per heavy atom. The van der Waals surface area contributed by atoms with Gasteiger partial charge >= 0.3 is 11.9 Å². The number of fused-ring (bicyclic) bond motifs is 1. The summed E-state index contributed by atoms with van der Waals surface area (Å²) in [7, 11) is -5.26. The molecule has 0 radical (unpaired) electrons. The minimum atomic E-state index is -5.26. The van der Waals surface area contributed by atoms with Gasteiger partial charge in [-0.25, -0.2) is 9.59 Å². The van der Waals surface area contributed by atoms with Crippen LogP contribution in [0.3, 0.4) is 0 Å². The van der Waals surface area contributed by atoms with Crippen molar-refractivity contribution in [3.63, 3.8) is 0 Å². The summed E-state index contributed by atoms with van der Waals surface area (Å²) in [5, 5.41) is 45.8. The molecular formula is C12H8O10S. The molecule has 0 aliphatic heterocycles. The third-order valence-corrected chi connectivity index (χ3v) is 3.98. The molecule has 0 spiro atoms. The molecule has 10 nitrogen and oxygen atoms in total. The van der Waals surface area contributed by atoms with E-state index >= 15 is 0 Å². The van der Waals surface area contributed by atoms with Crippen molar-refractivity contribution >= 4 is 32.8 Å². The molecule has 0 aromatic heterocycles. The second-order valence-electron chi connectivity index (χ2n) is 4.37. The number of benzene rings is 2. The van der Waals surface area contributed by atoms with Gasteiger partial charge in [-0.15, -0.1) is 0 Å². The zero-order valence-electron chi connectivity index (χ0n) is 10.9. The molecule has 6 N–H and O–H groups in total. The van der Waals surface area contributed by atoms with Gasteiger partial charge in [0.1, 0.15) is 16.2 Å². The molecule has 0 saturated heterocycles. The molecule has 122 valence electrons. The Hall–Kier alpha value is -3.05. The molecule has 23 heavy (non-hydrogen) atoms. The highest BCUT2D eigenvalue weighted by Crippen LogP contribution is 2.45. The number of carboxylic acids is 2. The molecule has 0 amide bonds. The Morgan fingerprint density at radius 2 is 1.39 bits per heavy atom. The normalized spacial score (nSPS) is 11.5. The van der Waals surface area contributed by atoms with Gasteiger partial charge < -0.3 is 25.5 Å². The molecular weight excluding hydrogens is 336 g/mol. The molecule has 2 aromatic carbocycles. The predicted octanol–water partition coefficient (Wildman–Crippen LogP) is 0.600. The number of rotatable bonds is 3. The number of aromatic hydroxyl groups is 3. The summed E-state index contributed by atoms with van der Waals surface area (Å²) >= 11 is 0. The predicted molar refractivity (Wildman–Crippen MR) is 72.7 cm³/mol. The summed E-state index contributed by atoms with van der Waals surface area (Å²) in [4.78, 5) is 21.2. The van der Waals surface area contributed by atoms with Crippen molar-refractivity contribution in [2.45, 2.75) is 4.90 Å². The first-order valence-corrected chi connectivity index (χ1v) is 7.10. The van der Waals surface area contributed by atoms with Gasteiger partial charge in [0.25, 0.3) is 10.1 Å².